The lowest BCUT2D eigenvalue weighted by molar-refractivity contribution is 0.00865. The number of benzene rings is 5. The molecule has 5 aromatic carbocycles. The Morgan fingerprint density at radius 3 is 0.915 bits per heavy atom. The van der Waals surface area contributed by atoms with E-state index in [9.17, 15) is 75.0 Å². The second-order valence-corrected chi connectivity index (χ2v) is 37.6. The fourth-order valence-corrected chi connectivity index (χ4v) is 21.1. The summed E-state index contributed by atoms with van der Waals surface area (Å²) < 4.78 is 31.0. The van der Waals surface area contributed by atoms with E-state index in [1.165, 1.54) is 27.9 Å². The molecule has 5 aliphatic heterocycles. The van der Waals surface area contributed by atoms with Gasteiger partial charge in [0.2, 0.25) is 0 Å². The molecule has 10 atom stereocenters. The van der Waals surface area contributed by atoms with E-state index >= 15 is 0 Å². The summed E-state index contributed by atoms with van der Waals surface area (Å²) in [6, 6.07) is 8.61. The van der Waals surface area contributed by atoms with Crippen LogP contribution in [0.2, 0.25) is 0 Å². The van der Waals surface area contributed by atoms with Crippen molar-refractivity contribution in [2.75, 3.05) is 0 Å². The molecule has 0 fully saturated rings. The average molecular weight is 1620 g/mol. The summed E-state index contributed by atoms with van der Waals surface area (Å²) in [6.07, 6.45) is 27.4. The number of rotatable bonds is 13. The molecular weight excluding hydrogens is 1500 g/mol. The molecule has 20 heteroatoms. The summed E-state index contributed by atoms with van der Waals surface area (Å²) in [6.45, 7) is 40.5. The molecule has 0 bridgehead atoms. The van der Waals surface area contributed by atoms with Crippen molar-refractivity contribution in [2.45, 2.75) is 312 Å². The van der Waals surface area contributed by atoms with E-state index in [2.05, 4.69) is 113 Å². The van der Waals surface area contributed by atoms with E-state index in [4.69, 9.17) is 23.7 Å². The minimum atomic E-state index is -1.10. The fourth-order valence-electron chi connectivity index (χ4n) is 21.1. The first-order valence-electron chi connectivity index (χ1n) is 42.6. The maximum atomic E-state index is 11.9. The molecule has 0 amide bonds. The van der Waals surface area contributed by atoms with Crippen molar-refractivity contribution in [1.29, 1.82) is 0 Å². The van der Waals surface area contributed by atoms with Gasteiger partial charge in [0.1, 0.15) is 113 Å². The molecule has 10 aliphatic rings. The van der Waals surface area contributed by atoms with Crippen molar-refractivity contribution in [3.05, 3.63) is 172 Å². The number of phenolic OH excluding ortho intramolecular Hbond substituents is 2. The second-order valence-electron chi connectivity index (χ2n) is 37.6. The Kier molecular flexibility index (Phi) is 25.7. The summed E-state index contributed by atoms with van der Waals surface area (Å²) in [4.78, 5) is 58.7. The standard InChI is InChI=1S/C22H30O4.2C20H26O4.2C18H22O4/c1-5-6-7-8-14-12-17-19(20(23)18(14)21(24)25)15-11-13(2)9-10-16(15)22(3,4)26-17;1-5-6-12-10-15-17(18(21)16(12)19(22)23)13-9-11(2)7-8-14(13)20(3,4)24-15;1-5-6-12-10-15(21)17-13-9-11(2)7-8-14(13)20(3,4)24-18(17)16(12)19(22)23;1-9-5-6-12-11(7-9)15-13(22-18(12,3)4)8-10(2)14(16(15)19)17(20)21;1-9-5-6-12-11(7-9)15-13(19)8-10(2)14(17(20)21)16(15)22-18(12,3)4/h11-12,15-16,23H,5-10H2,1-4H3,(H,24,25);2*9-10,13-14,21H,5-8H2,1-4H3,(H,22,23);2*7-8,11-12,19H,5-6H2,1-4H3,(H,20,21)/t15-,16-;2*13-,14-;2*11-,12-/m11111/s1. The number of aromatic carboxylic acids is 5. The highest BCUT2D eigenvalue weighted by atomic mass is 16.5. The molecule has 0 saturated heterocycles. The summed E-state index contributed by atoms with van der Waals surface area (Å²) >= 11 is 0. The van der Waals surface area contributed by atoms with Crippen LogP contribution in [0, 0.1) is 43.4 Å². The molecule has 638 valence electrons. The Morgan fingerprint density at radius 2 is 0.593 bits per heavy atom. The average Bonchev–Trinajstić information content (AvgIpc) is 0.751. The third-order valence-corrected chi connectivity index (χ3v) is 27.0. The number of carboxylic acids is 5. The monoisotopic (exact) mass is 1620 g/mol. The van der Waals surface area contributed by atoms with Gasteiger partial charge in [0.05, 0.1) is 0 Å². The van der Waals surface area contributed by atoms with Crippen molar-refractivity contribution in [3.63, 3.8) is 0 Å². The third-order valence-electron chi connectivity index (χ3n) is 27.0. The Hall–Kier alpha value is -9.85. The van der Waals surface area contributed by atoms with Crippen LogP contribution in [-0.2, 0) is 19.3 Å². The molecule has 20 nitrogen and oxygen atoms in total. The number of aryl methyl sites for hydroxylation is 5. The van der Waals surface area contributed by atoms with Crippen LogP contribution in [0.15, 0.2) is 88.6 Å². The Bertz CT molecular complexity index is 4910. The first kappa shape index (κ1) is 88.9. The van der Waals surface area contributed by atoms with E-state index in [-0.39, 0.29) is 133 Å². The third kappa shape index (κ3) is 17.2. The molecule has 5 aromatic rings. The van der Waals surface area contributed by atoms with Crippen LogP contribution in [-0.4, -0.2) is 109 Å². The SMILES string of the molecule is CC1=C[C@H]2c3c(O)cc(C)c(C(=O)O)c3OC(C)(C)[C@@H]2CC1.CC1=C[C@H]2c3c(cc(C)c(C(=O)O)c3O)OC(C)(C)[C@@H]2CC1.CCCCCc1cc2c(c(O)c1C(=O)O)[C@@H]1C=C(C)CC[C@H]1C(C)(C)O2.CCCc1cc(O)c2c(c1C(=O)O)OC(C)(C)[C@@H]1CCC(C)=C[C@@H]21.CCCc1cc2c(c(O)c1C(=O)O)[C@@H]1C=C(C)CC[C@H]1C(C)(C)O2. The van der Waals surface area contributed by atoms with Crippen molar-refractivity contribution in [2.24, 2.45) is 29.6 Å². The predicted molar refractivity (Wildman–Crippen MR) is 456 cm³/mol. The lowest BCUT2D eigenvalue weighted by Crippen LogP contribution is -2.45. The lowest BCUT2D eigenvalue weighted by atomic mass is 9.67. The number of phenols is 5. The van der Waals surface area contributed by atoms with E-state index < -0.39 is 41.0 Å². The number of carboxylic acid groups (broad SMARTS) is 5. The van der Waals surface area contributed by atoms with E-state index in [0.29, 0.717) is 104 Å². The molecule has 0 spiro atoms. The number of hydrogen-bond donors (Lipinski definition) is 10. The minimum Gasteiger partial charge on any atom is -0.507 e. The molecule has 10 N–H and O–H groups in total. The Morgan fingerprint density at radius 1 is 0.322 bits per heavy atom. The number of carbonyl (C=O) groups is 5. The molecule has 0 saturated carbocycles. The van der Waals surface area contributed by atoms with Gasteiger partial charge < -0.3 is 74.7 Å². The zero-order valence-electron chi connectivity index (χ0n) is 72.8. The van der Waals surface area contributed by atoms with Crippen LogP contribution >= 0.6 is 0 Å². The van der Waals surface area contributed by atoms with Crippen LogP contribution in [0.4, 0.5) is 0 Å². The molecule has 118 heavy (non-hydrogen) atoms. The number of ether oxygens (including phenoxy) is 5. The number of fused-ring (bicyclic) bond motifs is 15. The maximum absolute atomic E-state index is 11.9. The lowest BCUT2D eigenvalue weighted by Gasteiger charge is -2.47. The van der Waals surface area contributed by atoms with Crippen LogP contribution in [0.5, 0.6) is 57.5 Å². The van der Waals surface area contributed by atoms with Crippen LogP contribution < -0.4 is 23.7 Å². The van der Waals surface area contributed by atoms with Crippen LogP contribution in [0.25, 0.3) is 0 Å². The highest BCUT2D eigenvalue weighted by molar-refractivity contribution is 5.97. The molecule has 0 unspecified atom stereocenters. The quantitative estimate of drug-likeness (QED) is 0.0387. The zero-order valence-corrected chi connectivity index (χ0v) is 72.8. The first-order chi connectivity index (χ1) is 55.2. The smallest absolute Gasteiger partial charge is 0.339 e. The topological polar surface area (TPSA) is 334 Å². The molecule has 5 aliphatic carbocycles. The van der Waals surface area contributed by atoms with E-state index in [0.717, 1.165) is 96.3 Å². The van der Waals surface area contributed by atoms with Gasteiger partial charge in [0.15, 0.2) is 0 Å². The maximum Gasteiger partial charge on any atom is 0.339 e. The van der Waals surface area contributed by atoms with Crippen molar-refractivity contribution < 1.29 is 98.7 Å². The van der Waals surface area contributed by atoms with Gasteiger partial charge in [-0.15, -0.1) is 0 Å². The fraction of sp³-hybridized carbons (Fsp3) is 0.541. The highest BCUT2D eigenvalue weighted by Crippen LogP contribution is 2.61. The molecule has 15 rings (SSSR count). The second kappa shape index (κ2) is 34.1. The molecule has 0 aromatic heterocycles. The summed E-state index contributed by atoms with van der Waals surface area (Å²) in [5, 5.41) is 102. The molecular formula is C98H126O20. The highest BCUT2D eigenvalue weighted by Gasteiger charge is 2.53. The summed E-state index contributed by atoms with van der Waals surface area (Å²) in [7, 11) is 0. The zero-order chi connectivity index (χ0) is 86.8. The number of unbranched alkanes of at least 4 members (excludes halogenated alkanes) is 2. The van der Waals surface area contributed by atoms with E-state index in [1.54, 1.807) is 32.0 Å². The minimum absolute atomic E-state index is 0.00490. The van der Waals surface area contributed by atoms with Crippen LogP contribution in [0.3, 0.4) is 0 Å². The predicted octanol–water partition coefficient (Wildman–Crippen LogP) is 22.8. The van der Waals surface area contributed by atoms with Crippen molar-refractivity contribution in [1.82, 2.24) is 0 Å². The number of allylic oxidation sites excluding steroid dienone is 10. The van der Waals surface area contributed by atoms with Gasteiger partial charge in [-0.2, -0.15) is 0 Å². The van der Waals surface area contributed by atoms with Gasteiger partial charge in [-0.05, 0) is 266 Å². The number of aromatic hydroxyl groups is 5. The van der Waals surface area contributed by atoms with Crippen LogP contribution in [0.1, 0.15) is 358 Å². The van der Waals surface area contributed by atoms with Gasteiger partial charge in [-0.25, -0.2) is 24.0 Å². The van der Waals surface area contributed by atoms with Gasteiger partial charge in [0.25, 0.3) is 0 Å². The normalized spacial score (nSPS) is 24.6. The largest absolute Gasteiger partial charge is 0.507 e. The van der Waals surface area contributed by atoms with Gasteiger partial charge >= 0.3 is 29.8 Å². The first-order valence-corrected chi connectivity index (χ1v) is 42.6. The van der Waals surface area contributed by atoms with Gasteiger partial charge in [-0.1, -0.05) is 105 Å². The van der Waals surface area contributed by atoms with E-state index in [1.807, 2.05) is 53.7 Å². The van der Waals surface area contributed by atoms with Crippen molar-refractivity contribution >= 4 is 29.8 Å². The Balaban J connectivity index is 0.000000145. The van der Waals surface area contributed by atoms with Crippen molar-refractivity contribution in [3.8, 4) is 57.5 Å². The Labute approximate surface area is 695 Å². The summed E-state index contributed by atoms with van der Waals surface area (Å²) in [5.74, 6) is -1.49. The van der Waals surface area contributed by atoms with Gasteiger partial charge in [0, 0.05) is 87.0 Å². The molecule has 5 heterocycles. The van der Waals surface area contributed by atoms with Gasteiger partial charge in [-0.3, -0.25) is 0 Å². The summed E-state index contributed by atoms with van der Waals surface area (Å²) in [5.41, 5.74) is 11.2. The molecule has 0 radical (unpaired) electrons. The number of hydrogen-bond acceptors (Lipinski definition) is 15.